The van der Waals surface area contributed by atoms with E-state index < -0.39 is 0 Å². The summed E-state index contributed by atoms with van der Waals surface area (Å²) >= 11 is 0. The first kappa shape index (κ1) is 17.5. The van der Waals surface area contributed by atoms with Crippen molar-refractivity contribution in [2.24, 2.45) is 0 Å². The highest BCUT2D eigenvalue weighted by molar-refractivity contribution is 6.05. The molecule has 6 aromatic rings. The minimum absolute atomic E-state index is 0.0658. The second kappa shape index (κ2) is 6.89. The minimum Gasteiger partial charge on any atom is -0.276 e. The Balaban J connectivity index is 1.67. The van der Waals surface area contributed by atoms with E-state index in [4.69, 9.17) is 0 Å². The summed E-state index contributed by atoms with van der Waals surface area (Å²) in [4.78, 5) is 22.1. The lowest BCUT2D eigenvalue weighted by Crippen LogP contribution is -2.17. The molecule has 3 aromatic carbocycles. The van der Waals surface area contributed by atoms with Crippen LogP contribution in [0, 0.1) is 0 Å². The normalized spacial score (nSPS) is 11.4. The minimum atomic E-state index is -0.0658. The molecule has 3 heterocycles. The van der Waals surface area contributed by atoms with E-state index in [0.29, 0.717) is 0 Å². The number of benzene rings is 3. The first-order valence-electron chi connectivity index (χ1n) is 10.1. The average molecular weight is 399 g/mol. The van der Waals surface area contributed by atoms with E-state index in [9.17, 15) is 4.79 Å². The predicted molar refractivity (Wildman–Crippen MR) is 126 cm³/mol. The number of rotatable bonds is 2. The highest BCUT2D eigenvalue weighted by Crippen LogP contribution is 2.30. The molecule has 0 amide bonds. The zero-order chi connectivity index (χ0) is 20.8. The van der Waals surface area contributed by atoms with Crippen LogP contribution in [-0.4, -0.2) is 14.5 Å². The van der Waals surface area contributed by atoms with Crippen LogP contribution in [0.2, 0.25) is 0 Å². The number of fused-ring (bicyclic) bond motifs is 4. The van der Waals surface area contributed by atoms with E-state index in [1.807, 2.05) is 73.1 Å². The van der Waals surface area contributed by atoms with Crippen molar-refractivity contribution in [2.75, 3.05) is 0 Å². The van der Waals surface area contributed by atoms with Crippen LogP contribution < -0.4 is 5.56 Å². The summed E-state index contributed by atoms with van der Waals surface area (Å²) in [5.74, 6) is 0. The molecule has 0 fully saturated rings. The summed E-state index contributed by atoms with van der Waals surface area (Å²) in [6.07, 6.45) is 3.72. The molecule has 31 heavy (non-hydrogen) atoms. The Labute approximate surface area is 178 Å². The smallest absolute Gasteiger partial charge is 0.255 e. The van der Waals surface area contributed by atoms with Crippen molar-refractivity contribution >= 4 is 32.7 Å². The number of nitrogens with zero attached hydrogens (tertiary/aromatic N) is 3. The number of hydrogen-bond donors (Lipinski definition) is 0. The van der Waals surface area contributed by atoms with Gasteiger partial charge in [-0.25, -0.2) is 0 Å². The molecule has 0 aliphatic carbocycles. The Morgan fingerprint density at radius 1 is 0.613 bits per heavy atom. The van der Waals surface area contributed by atoms with Gasteiger partial charge in [0, 0.05) is 45.9 Å². The summed E-state index contributed by atoms with van der Waals surface area (Å²) in [5.41, 5.74) is 5.52. The van der Waals surface area contributed by atoms with Gasteiger partial charge in [-0.2, -0.15) is 0 Å². The molecule has 6 rings (SSSR count). The molecule has 0 saturated carbocycles. The summed E-state index contributed by atoms with van der Waals surface area (Å²) in [6.45, 7) is 0. The number of pyridine rings is 3. The molecule has 0 N–H and O–H groups in total. The fourth-order valence-corrected chi connectivity index (χ4v) is 4.15. The fraction of sp³-hybridized carbons (Fsp3) is 0. The van der Waals surface area contributed by atoms with Crippen molar-refractivity contribution in [3.63, 3.8) is 0 Å². The first-order valence-corrected chi connectivity index (χ1v) is 10.1. The maximum absolute atomic E-state index is 12.9. The van der Waals surface area contributed by atoms with E-state index >= 15 is 0 Å². The fourth-order valence-electron chi connectivity index (χ4n) is 4.15. The molecule has 0 spiro atoms. The number of para-hydroxylation sites is 2. The third-order valence-corrected chi connectivity index (χ3v) is 5.66. The molecule has 0 bridgehead atoms. The average Bonchev–Trinajstić information content (AvgIpc) is 2.83. The zero-order valence-corrected chi connectivity index (χ0v) is 16.6. The van der Waals surface area contributed by atoms with E-state index in [1.54, 1.807) is 10.6 Å². The van der Waals surface area contributed by atoms with Crippen LogP contribution in [0.15, 0.2) is 108 Å². The van der Waals surface area contributed by atoms with Crippen molar-refractivity contribution in [3.8, 4) is 16.8 Å². The van der Waals surface area contributed by atoms with Gasteiger partial charge in [-0.1, -0.05) is 42.5 Å². The molecule has 0 aliphatic heterocycles. The van der Waals surface area contributed by atoms with Crippen LogP contribution in [0.5, 0.6) is 0 Å². The predicted octanol–water partition coefficient (Wildman–Crippen LogP) is 5.75. The Hall–Kier alpha value is -4.31. The monoisotopic (exact) mass is 399 g/mol. The second-order valence-electron chi connectivity index (χ2n) is 7.55. The topological polar surface area (TPSA) is 47.8 Å². The maximum Gasteiger partial charge on any atom is 0.255 e. The standard InChI is InChI=1S/C27H17N3O/c31-26-13-11-20-16-29-25-12-10-18(21-14-19-6-4-5-9-24(19)28-17-21)15-23(25)27(20)30(26)22-7-2-1-3-8-22/h1-17H. The molecular weight excluding hydrogens is 382 g/mol. The quantitative estimate of drug-likeness (QED) is 0.348. The Morgan fingerprint density at radius 3 is 2.32 bits per heavy atom. The lowest BCUT2D eigenvalue weighted by atomic mass is 10.0. The van der Waals surface area contributed by atoms with Gasteiger partial charge in [-0.15, -0.1) is 0 Å². The van der Waals surface area contributed by atoms with Gasteiger partial charge >= 0.3 is 0 Å². The van der Waals surface area contributed by atoms with E-state index in [0.717, 1.165) is 49.5 Å². The SMILES string of the molecule is O=c1ccc2cnc3ccc(-c4cnc5ccccc5c4)cc3c2n1-c1ccccc1. The van der Waals surface area contributed by atoms with Crippen molar-refractivity contribution in [1.82, 2.24) is 14.5 Å². The maximum atomic E-state index is 12.9. The molecule has 0 unspecified atom stereocenters. The summed E-state index contributed by atoms with van der Waals surface area (Å²) in [7, 11) is 0. The Morgan fingerprint density at radius 2 is 1.42 bits per heavy atom. The zero-order valence-electron chi connectivity index (χ0n) is 16.6. The van der Waals surface area contributed by atoms with Crippen LogP contribution in [0.1, 0.15) is 0 Å². The molecule has 0 saturated heterocycles. The highest BCUT2D eigenvalue weighted by Gasteiger charge is 2.11. The van der Waals surface area contributed by atoms with Crippen LogP contribution in [0.3, 0.4) is 0 Å². The Kier molecular flexibility index (Phi) is 3.90. The van der Waals surface area contributed by atoms with Crippen LogP contribution in [-0.2, 0) is 0 Å². The number of aromatic nitrogens is 3. The lowest BCUT2D eigenvalue weighted by molar-refractivity contribution is 1.05. The van der Waals surface area contributed by atoms with Crippen LogP contribution in [0.25, 0.3) is 49.5 Å². The van der Waals surface area contributed by atoms with Crippen molar-refractivity contribution in [2.45, 2.75) is 0 Å². The molecule has 4 heteroatoms. The molecule has 0 aliphatic rings. The summed E-state index contributed by atoms with van der Waals surface area (Å²) < 4.78 is 1.77. The lowest BCUT2D eigenvalue weighted by Gasteiger charge is -2.13. The van der Waals surface area contributed by atoms with Gasteiger partial charge in [-0.05, 0) is 48.0 Å². The number of hydrogen-bond acceptors (Lipinski definition) is 3. The summed E-state index contributed by atoms with van der Waals surface area (Å²) in [6, 6.07) is 29.6. The molecule has 146 valence electrons. The van der Waals surface area contributed by atoms with Gasteiger partial charge in [0.05, 0.1) is 16.6 Å². The largest absolute Gasteiger partial charge is 0.276 e. The van der Waals surface area contributed by atoms with Crippen LogP contribution in [0.4, 0.5) is 0 Å². The third-order valence-electron chi connectivity index (χ3n) is 5.66. The molecule has 0 atom stereocenters. The second-order valence-corrected chi connectivity index (χ2v) is 7.55. The van der Waals surface area contributed by atoms with Gasteiger partial charge in [0.1, 0.15) is 0 Å². The molecule has 3 aromatic heterocycles. The summed E-state index contributed by atoms with van der Waals surface area (Å²) in [5, 5.41) is 2.95. The van der Waals surface area contributed by atoms with Gasteiger partial charge in [0.2, 0.25) is 0 Å². The molecular formula is C27H17N3O. The van der Waals surface area contributed by atoms with Gasteiger partial charge in [0.25, 0.3) is 5.56 Å². The van der Waals surface area contributed by atoms with Gasteiger partial charge in [0.15, 0.2) is 0 Å². The third kappa shape index (κ3) is 2.89. The van der Waals surface area contributed by atoms with Gasteiger partial charge < -0.3 is 0 Å². The highest BCUT2D eigenvalue weighted by atomic mass is 16.1. The molecule has 4 nitrogen and oxygen atoms in total. The van der Waals surface area contributed by atoms with E-state index in [-0.39, 0.29) is 5.56 Å². The van der Waals surface area contributed by atoms with Crippen LogP contribution >= 0.6 is 0 Å². The van der Waals surface area contributed by atoms with Crippen molar-refractivity contribution in [1.29, 1.82) is 0 Å². The molecule has 0 radical (unpaired) electrons. The Bertz CT molecular complexity index is 1650. The van der Waals surface area contributed by atoms with E-state index in [1.165, 1.54) is 0 Å². The first-order chi connectivity index (χ1) is 15.3. The van der Waals surface area contributed by atoms with E-state index in [2.05, 4.69) is 34.2 Å². The van der Waals surface area contributed by atoms with Crippen molar-refractivity contribution < 1.29 is 0 Å². The van der Waals surface area contributed by atoms with Crippen molar-refractivity contribution in [3.05, 3.63) is 114 Å². The van der Waals surface area contributed by atoms with Gasteiger partial charge in [-0.3, -0.25) is 19.3 Å².